The van der Waals surface area contributed by atoms with Crippen molar-refractivity contribution in [3.63, 3.8) is 0 Å². The van der Waals surface area contributed by atoms with Gasteiger partial charge in [0.05, 0.1) is 24.5 Å². The van der Waals surface area contributed by atoms with Crippen LogP contribution in [0.2, 0.25) is 0 Å². The van der Waals surface area contributed by atoms with E-state index in [0.29, 0.717) is 18.8 Å². The minimum Gasteiger partial charge on any atom is -0.490 e. The van der Waals surface area contributed by atoms with Gasteiger partial charge < -0.3 is 14.2 Å². The van der Waals surface area contributed by atoms with Crippen LogP contribution in [0.4, 0.5) is 0 Å². The monoisotopic (exact) mass is 461 g/mol. The van der Waals surface area contributed by atoms with E-state index in [4.69, 9.17) is 19.2 Å². The van der Waals surface area contributed by atoms with Gasteiger partial charge in [0.25, 0.3) is 0 Å². The van der Waals surface area contributed by atoms with Crippen LogP contribution in [0.3, 0.4) is 0 Å². The highest BCUT2D eigenvalue weighted by Gasteiger charge is 2.39. The van der Waals surface area contributed by atoms with Gasteiger partial charge in [-0.25, -0.2) is 4.79 Å². The van der Waals surface area contributed by atoms with Crippen LogP contribution in [0.15, 0.2) is 40.9 Å². The third-order valence-electron chi connectivity index (χ3n) is 6.15. The van der Waals surface area contributed by atoms with Gasteiger partial charge in [-0.2, -0.15) is 0 Å². The Balaban J connectivity index is 1.79. The molecule has 2 heterocycles. The van der Waals surface area contributed by atoms with Crippen molar-refractivity contribution in [3.8, 4) is 11.5 Å². The van der Waals surface area contributed by atoms with Gasteiger partial charge in [-0.15, -0.1) is 0 Å². The molecule has 2 aliphatic rings. The van der Waals surface area contributed by atoms with Gasteiger partial charge >= 0.3 is 5.97 Å². The third-order valence-corrected chi connectivity index (χ3v) is 6.15. The topological polar surface area (TPSA) is 57.1 Å². The van der Waals surface area contributed by atoms with Crippen LogP contribution in [0, 0.1) is 0 Å². The van der Waals surface area contributed by atoms with Crippen LogP contribution >= 0.6 is 0 Å². The van der Waals surface area contributed by atoms with Crippen molar-refractivity contribution in [1.82, 2.24) is 0 Å². The number of hydrogen-bond donors (Lipinski definition) is 0. The number of aliphatic imine (C=N–C) groups is 1. The van der Waals surface area contributed by atoms with Crippen molar-refractivity contribution in [2.45, 2.75) is 72.4 Å². The second-order valence-corrected chi connectivity index (χ2v) is 10.3. The number of ether oxygens (including phenoxy) is 3. The Hall–Kier alpha value is -3.08. The summed E-state index contributed by atoms with van der Waals surface area (Å²) in [5, 5.41) is 0. The van der Waals surface area contributed by atoms with Crippen molar-refractivity contribution < 1.29 is 19.0 Å². The maximum Gasteiger partial charge on any atom is 0.333 e. The van der Waals surface area contributed by atoms with Gasteiger partial charge in [0.2, 0.25) is 0 Å². The second-order valence-electron chi connectivity index (χ2n) is 10.3. The lowest BCUT2D eigenvalue weighted by Crippen LogP contribution is -2.30. The van der Waals surface area contributed by atoms with Crippen LogP contribution in [-0.2, 0) is 22.4 Å². The highest BCUT2D eigenvalue weighted by molar-refractivity contribution is 6.16. The molecule has 0 unspecified atom stereocenters. The summed E-state index contributed by atoms with van der Waals surface area (Å²) in [5.41, 5.74) is 6.66. The van der Waals surface area contributed by atoms with E-state index in [1.54, 1.807) is 6.92 Å². The Morgan fingerprint density at radius 3 is 2.44 bits per heavy atom. The molecule has 0 N–H and O–H groups in total. The SMILES string of the molecule is CCOC(=O)C(C)=Cc1ccc(C2=NC(C)(C)Cc3cc(OCC)c4c(c32)CC(C)(C)O4)cc1. The molecule has 0 bridgehead atoms. The molecule has 0 aliphatic carbocycles. The number of rotatable bonds is 6. The number of nitrogens with zero attached hydrogens (tertiary/aromatic N) is 1. The molecule has 0 saturated carbocycles. The number of carbonyl (C=O) groups excluding carboxylic acids is 1. The number of benzene rings is 2. The molecular weight excluding hydrogens is 426 g/mol. The lowest BCUT2D eigenvalue weighted by Gasteiger charge is -2.31. The fraction of sp³-hybridized carbons (Fsp3) is 0.448. The first-order valence-electron chi connectivity index (χ1n) is 12.1. The van der Waals surface area contributed by atoms with Crippen LogP contribution < -0.4 is 9.47 Å². The molecule has 2 aromatic rings. The Bertz CT molecular complexity index is 1170. The van der Waals surface area contributed by atoms with Crippen LogP contribution in [-0.4, -0.2) is 36.0 Å². The van der Waals surface area contributed by atoms with E-state index in [1.807, 2.05) is 32.1 Å². The molecular formula is C29H35NO4. The second kappa shape index (κ2) is 8.94. The molecule has 0 amide bonds. The van der Waals surface area contributed by atoms with Gasteiger partial charge in [0.15, 0.2) is 11.5 Å². The standard InChI is InChI=1S/C29H35NO4/c1-8-32-23-15-21-16-28(4,5)30-25(24(21)22-17-29(6,7)34-26(22)23)20-12-10-19(11-13-20)14-18(3)27(31)33-9-2/h10-15H,8-9,16-17H2,1-7H3. The fourth-order valence-electron chi connectivity index (χ4n) is 4.83. The van der Waals surface area contributed by atoms with Crippen molar-refractivity contribution in [1.29, 1.82) is 0 Å². The summed E-state index contributed by atoms with van der Waals surface area (Å²) in [5.74, 6) is 1.39. The number of hydrogen-bond acceptors (Lipinski definition) is 5. The van der Waals surface area contributed by atoms with Gasteiger partial charge in [-0.1, -0.05) is 24.3 Å². The molecule has 34 heavy (non-hydrogen) atoms. The Labute approximate surface area is 202 Å². The van der Waals surface area contributed by atoms with E-state index in [-0.39, 0.29) is 17.1 Å². The first-order chi connectivity index (χ1) is 16.0. The highest BCUT2D eigenvalue weighted by Crippen LogP contribution is 2.48. The van der Waals surface area contributed by atoms with Crippen molar-refractivity contribution in [2.75, 3.05) is 13.2 Å². The lowest BCUT2D eigenvalue weighted by molar-refractivity contribution is -0.138. The molecule has 5 heteroatoms. The zero-order chi connectivity index (χ0) is 24.7. The Morgan fingerprint density at radius 2 is 1.79 bits per heavy atom. The molecule has 0 saturated heterocycles. The summed E-state index contributed by atoms with van der Waals surface area (Å²) in [4.78, 5) is 17.2. The molecule has 2 aliphatic heterocycles. The average Bonchev–Trinajstić information content (AvgIpc) is 3.08. The number of carbonyl (C=O) groups is 1. The van der Waals surface area contributed by atoms with Crippen molar-refractivity contribution >= 4 is 17.8 Å². The predicted octanol–water partition coefficient (Wildman–Crippen LogP) is 5.94. The molecule has 0 radical (unpaired) electrons. The van der Waals surface area contributed by atoms with E-state index < -0.39 is 0 Å². The maximum absolute atomic E-state index is 12.0. The Kier molecular flexibility index (Phi) is 6.32. The average molecular weight is 462 g/mol. The molecule has 2 aromatic carbocycles. The summed E-state index contributed by atoms with van der Waals surface area (Å²) >= 11 is 0. The summed E-state index contributed by atoms with van der Waals surface area (Å²) < 4.78 is 17.4. The minimum atomic E-state index is -0.291. The molecule has 0 spiro atoms. The van der Waals surface area contributed by atoms with Crippen molar-refractivity contribution in [3.05, 3.63) is 63.7 Å². The lowest BCUT2D eigenvalue weighted by atomic mass is 9.81. The third kappa shape index (κ3) is 4.75. The van der Waals surface area contributed by atoms with Gasteiger partial charge in [0, 0.05) is 28.7 Å². The molecule has 0 aromatic heterocycles. The maximum atomic E-state index is 12.0. The highest BCUT2D eigenvalue weighted by atomic mass is 16.5. The molecule has 0 atom stereocenters. The molecule has 4 rings (SSSR count). The summed E-state index contributed by atoms with van der Waals surface area (Å²) in [6, 6.07) is 10.4. The van der Waals surface area contributed by atoms with E-state index >= 15 is 0 Å². The van der Waals surface area contributed by atoms with Crippen molar-refractivity contribution in [2.24, 2.45) is 4.99 Å². The quantitative estimate of drug-likeness (QED) is 0.395. The van der Waals surface area contributed by atoms with E-state index in [9.17, 15) is 4.79 Å². The van der Waals surface area contributed by atoms with Gasteiger partial charge in [-0.3, -0.25) is 4.99 Å². The van der Waals surface area contributed by atoms with Crippen LogP contribution in [0.5, 0.6) is 11.5 Å². The van der Waals surface area contributed by atoms with Gasteiger partial charge in [0.1, 0.15) is 5.60 Å². The Morgan fingerprint density at radius 1 is 1.09 bits per heavy atom. The normalized spacial score (nSPS) is 17.9. The largest absolute Gasteiger partial charge is 0.490 e. The summed E-state index contributed by atoms with van der Waals surface area (Å²) in [6.45, 7) is 15.1. The molecule has 0 fully saturated rings. The summed E-state index contributed by atoms with van der Waals surface area (Å²) in [6.07, 6.45) is 3.51. The molecule has 5 nitrogen and oxygen atoms in total. The first kappa shape index (κ1) is 24.1. The van der Waals surface area contributed by atoms with E-state index in [2.05, 4.69) is 45.9 Å². The zero-order valence-electron chi connectivity index (χ0n) is 21.4. The van der Waals surface area contributed by atoms with Crippen LogP contribution in [0.1, 0.15) is 76.3 Å². The predicted molar refractivity (Wildman–Crippen MR) is 136 cm³/mol. The smallest absolute Gasteiger partial charge is 0.333 e. The molecule has 180 valence electrons. The number of esters is 1. The van der Waals surface area contributed by atoms with Gasteiger partial charge in [-0.05, 0) is 78.2 Å². The first-order valence-corrected chi connectivity index (χ1v) is 12.1. The van der Waals surface area contributed by atoms with E-state index in [0.717, 1.165) is 41.2 Å². The summed E-state index contributed by atoms with van der Waals surface area (Å²) in [7, 11) is 0. The fourth-order valence-corrected chi connectivity index (χ4v) is 4.83. The zero-order valence-corrected chi connectivity index (χ0v) is 21.4. The van der Waals surface area contributed by atoms with E-state index in [1.165, 1.54) is 16.7 Å². The number of fused-ring (bicyclic) bond motifs is 3. The minimum absolute atomic E-state index is 0.228. The van der Waals surface area contributed by atoms with Crippen LogP contribution in [0.25, 0.3) is 6.08 Å².